The first kappa shape index (κ1) is 15.7. The van der Waals surface area contributed by atoms with Crippen LogP contribution in [0.1, 0.15) is 13.3 Å². The number of ether oxygens (including phenoxy) is 2. The molecule has 0 unspecified atom stereocenters. The monoisotopic (exact) mass is 349 g/mol. The van der Waals surface area contributed by atoms with E-state index >= 15 is 0 Å². The molecule has 0 radical (unpaired) electrons. The lowest BCUT2D eigenvalue weighted by Gasteiger charge is -2.13. The van der Waals surface area contributed by atoms with Crippen LogP contribution >= 0.6 is 15.9 Å². The number of nitrogens with one attached hydrogen (secondary N) is 1. The van der Waals surface area contributed by atoms with E-state index in [1.165, 1.54) is 0 Å². The van der Waals surface area contributed by atoms with Crippen LogP contribution < -0.4 is 14.8 Å². The van der Waals surface area contributed by atoms with Gasteiger partial charge in [-0.25, -0.2) is 0 Å². The van der Waals surface area contributed by atoms with Gasteiger partial charge in [-0.3, -0.25) is 0 Å². The fourth-order valence-corrected chi connectivity index (χ4v) is 2.25. The van der Waals surface area contributed by atoms with E-state index in [1.54, 1.807) is 0 Å². The summed E-state index contributed by atoms with van der Waals surface area (Å²) in [5.41, 5.74) is 1.07. The average molecular weight is 350 g/mol. The number of para-hydroxylation sites is 2. The van der Waals surface area contributed by atoms with Crippen LogP contribution in [0.4, 0.5) is 5.69 Å². The molecule has 0 aliphatic heterocycles. The van der Waals surface area contributed by atoms with Crippen molar-refractivity contribution in [3.8, 4) is 11.5 Å². The fourth-order valence-electron chi connectivity index (χ4n) is 1.86. The Morgan fingerprint density at radius 2 is 1.67 bits per heavy atom. The van der Waals surface area contributed by atoms with Crippen LogP contribution in [-0.2, 0) is 0 Å². The van der Waals surface area contributed by atoms with Gasteiger partial charge in [0, 0.05) is 16.7 Å². The van der Waals surface area contributed by atoms with Crippen molar-refractivity contribution < 1.29 is 9.47 Å². The minimum atomic E-state index is 0.582. The SMILES string of the molecule is CCCOc1ccccc1OCCNc1cccc(Br)c1. The van der Waals surface area contributed by atoms with E-state index in [1.807, 2.05) is 48.5 Å². The maximum atomic E-state index is 5.79. The van der Waals surface area contributed by atoms with E-state index in [9.17, 15) is 0 Å². The average Bonchev–Trinajstić information content (AvgIpc) is 2.50. The second-order valence-electron chi connectivity index (χ2n) is 4.58. The second kappa shape index (κ2) is 8.57. The summed E-state index contributed by atoms with van der Waals surface area (Å²) >= 11 is 3.45. The molecule has 0 saturated carbocycles. The second-order valence-corrected chi connectivity index (χ2v) is 5.50. The molecule has 0 aromatic heterocycles. The topological polar surface area (TPSA) is 30.5 Å². The molecule has 21 heavy (non-hydrogen) atoms. The summed E-state index contributed by atoms with van der Waals surface area (Å²) < 4.78 is 12.5. The lowest BCUT2D eigenvalue weighted by atomic mass is 10.3. The zero-order valence-corrected chi connectivity index (χ0v) is 13.7. The van der Waals surface area contributed by atoms with E-state index in [4.69, 9.17) is 9.47 Å². The van der Waals surface area contributed by atoms with Gasteiger partial charge in [-0.1, -0.05) is 41.1 Å². The summed E-state index contributed by atoms with van der Waals surface area (Å²) in [7, 11) is 0. The van der Waals surface area contributed by atoms with Crippen molar-refractivity contribution in [2.75, 3.05) is 25.1 Å². The van der Waals surface area contributed by atoms with Crippen molar-refractivity contribution in [2.45, 2.75) is 13.3 Å². The Bertz CT molecular complexity index is 560. The number of rotatable bonds is 8. The van der Waals surface area contributed by atoms with Crippen LogP contribution in [0, 0.1) is 0 Å². The Hall–Kier alpha value is -1.68. The van der Waals surface area contributed by atoms with Gasteiger partial charge in [-0.2, -0.15) is 0 Å². The summed E-state index contributed by atoms with van der Waals surface area (Å²) in [5.74, 6) is 1.60. The van der Waals surface area contributed by atoms with Crippen LogP contribution in [0.2, 0.25) is 0 Å². The Morgan fingerprint density at radius 3 is 2.33 bits per heavy atom. The molecule has 0 spiro atoms. The lowest BCUT2D eigenvalue weighted by Crippen LogP contribution is -2.12. The number of anilines is 1. The molecule has 3 nitrogen and oxygen atoms in total. The van der Waals surface area contributed by atoms with Crippen LogP contribution in [0.25, 0.3) is 0 Å². The van der Waals surface area contributed by atoms with Crippen molar-refractivity contribution in [1.29, 1.82) is 0 Å². The predicted molar refractivity (Wildman–Crippen MR) is 90.4 cm³/mol. The molecule has 4 heteroatoms. The zero-order chi connectivity index (χ0) is 14.9. The first-order valence-corrected chi connectivity index (χ1v) is 7.93. The van der Waals surface area contributed by atoms with Gasteiger partial charge in [0.15, 0.2) is 11.5 Å². The van der Waals surface area contributed by atoms with Crippen molar-refractivity contribution in [3.63, 3.8) is 0 Å². The molecule has 0 heterocycles. The van der Waals surface area contributed by atoms with Gasteiger partial charge >= 0.3 is 0 Å². The molecule has 112 valence electrons. The number of hydrogen-bond donors (Lipinski definition) is 1. The fraction of sp³-hybridized carbons (Fsp3) is 0.294. The summed E-state index contributed by atoms with van der Waals surface area (Å²) in [6, 6.07) is 15.9. The Kier molecular flexibility index (Phi) is 6.41. The highest BCUT2D eigenvalue weighted by molar-refractivity contribution is 9.10. The van der Waals surface area contributed by atoms with Crippen molar-refractivity contribution >= 4 is 21.6 Å². The molecule has 2 aromatic rings. The van der Waals surface area contributed by atoms with Gasteiger partial charge in [0.1, 0.15) is 6.61 Å². The van der Waals surface area contributed by atoms with E-state index in [-0.39, 0.29) is 0 Å². The Labute approximate surface area is 134 Å². The minimum absolute atomic E-state index is 0.582. The van der Waals surface area contributed by atoms with Gasteiger partial charge in [-0.05, 0) is 36.8 Å². The number of halogens is 1. The molecule has 0 saturated heterocycles. The quantitative estimate of drug-likeness (QED) is 0.699. The highest BCUT2D eigenvalue weighted by Crippen LogP contribution is 2.26. The zero-order valence-electron chi connectivity index (χ0n) is 12.1. The number of benzene rings is 2. The van der Waals surface area contributed by atoms with Gasteiger partial charge in [0.2, 0.25) is 0 Å². The minimum Gasteiger partial charge on any atom is -0.490 e. The van der Waals surface area contributed by atoms with Gasteiger partial charge < -0.3 is 14.8 Å². The van der Waals surface area contributed by atoms with E-state index < -0.39 is 0 Å². The summed E-state index contributed by atoms with van der Waals surface area (Å²) in [6.45, 7) is 4.11. The molecule has 2 aromatic carbocycles. The van der Waals surface area contributed by atoms with Crippen molar-refractivity contribution in [2.24, 2.45) is 0 Å². The Morgan fingerprint density at radius 1 is 0.952 bits per heavy atom. The molecule has 0 fully saturated rings. The largest absolute Gasteiger partial charge is 0.490 e. The van der Waals surface area contributed by atoms with Gasteiger partial charge in [0.25, 0.3) is 0 Å². The van der Waals surface area contributed by atoms with E-state index in [0.717, 1.165) is 34.6 Å². The summed E-state index contributed by atoms with van der Waals surface area (Å²) in [6.07, 6.45) is 0.985. The lowest BCUT2D eigenvalue weighted by molar-refractivity contribution is 0.274. The highest BCUT2D eigenvalue weighted by atomic mass is 79.9. The van der Waals surface area contributed by atoms with Gasteiger partial charge in [0.05, 0.1) is 6.61 Å². The third-order valence-electron chi connectivity index (χ3n) is 2.82. The Balaban J connectivity index is 1.80. The summed E-state index contributed by atoms with van der Waals surface area (Å²) in [4.78, 5) is 0. The van der Waals surface area contributed by atoms with E-state index in [0.29, 0.717) is 13.2 Å². The smallest absolute Gasteiger partial charge is 0.161 e. The third-order valence-corrected chi connectivity index (χ3v) is 3.32. The predicted octanol–water partition coefficient (Wildman–Crippen LogP) is 4.73. The molecule has 0 aliphatic carbocycles. The van der Waals surface area contributed by atoms with Gasteiger partial charge in [-0.15, -0.1) is 0 Å². The standard InChI is InChI=1S/C17H20BrNO2/c1-2-11-20-16-8-3-4-9-17(16)21-12-10-19-15-7-5-6-14(18)13-15/h3-9,13,19H,2,10-12H2,1H3. The van der Waals surface area contributed by atoms with Crippen LogP contribution in [-0.4, -0.2) is 19.8 Å². The molecule has 0 amide bonds. The van der Waals surface area contributed by atoms with Crippen LogP contribution in [0.15, 0.2) is 53.0 Å². The highest BCUT2D eigenvalue weighted by Gasteiger charge is 2.03. The molecule has 0 aliphatic rings. The molecular formula is C17H20BrNO2. The van der Waals surface area contributed by atoms with E-state index in [2.05, 4.69) is 28.2 Å². The first-order chi connectivity index (χ1) is 10.3. The van der Waals surface area contributed by atoms with Crippen molar-refractivity contribution in [3.05, 3.63) is 53.0 Å². The maximum absolute atomic E-state index is 5.79. The number of hydrogen-bond acceptors (Lipinski definition) is 3. The maximum Gasteiger partial charge on any atom is 0.161 e. The third kappa shape index (κ3) is 5.31. The molecule has 2 rings (SSSR count). The normalized spacial score (nSPS) is 10.2. The molecule has 0 bridgehead atoms. The molecule has 1 N–H and O–H groups in total. The summed E-state index contributed by atoms with van der Waals surface area (Å²) in [5, 5.41) is 3.32. The molecular weight excluding hydrogens is 330 g/mol. The van der Waals surface area contributed by atoms with Crippen LogP contribution in [0.3, 0.4) is 0 Å². The van der Waals surface area contributed by atoms with Crippen LogP contribution in [0.5, 0.6) is 11.5 Å². The first-order valence-electron chi connectivity index (χ1n) is 7.13. The molecule has 0 atom stereocenters. The van der Waals surface area contributed by atoms with Crippen molar-refractivity contribution in [1.82, 2.24) is 0 Å².